The molecule has 1 aliphatic heterocycles. The van der Waals surface area contributed by atoms with Gasteiger partial charge in [-0.2, -0.15) is 0 Å². The molecule has 5 atom stereocenters. The van der Waals surface area contributed by atoms with Crippen molar-refractivity contribution in [2.45, 2.75) is 30.7 Å². The largest absolute Gasteiger partial charge is 0.497 e. The summed E-state index contributed by atoms with van der Waals surface area (Å²) in [5.41, 5.74) is 0.438. The summed E-state index contributed by atoms with van der Waals surface area (Å²) in [6.45, 7) is -0.501. The van der Waals surface area contributed by atoms with E-state index in [1.165, 1.54) is 18.4 Å². The quantitative estimate of drug-likeness (QED) is 0.459. The van der Waals surface area contributed by atoms with Crippen LogP contribution in [0.15, 0.2) is 35.7 Å². The molecule has 27 heavy (non-hydrogen) atoms. The maximum absolute atomic E-state index is 12.8. The normalized spacial score (nSPS) is 28.0. The first-order chi connectivity index (χ1) is 13.0. The summed E-state index contributed by atoms with van der Waals surface area (Å²) in [6, 6.07) is 8.17. The van der Waals surface area contributed by atoms with Crippen molar-refractivity contribution in [1.29, 1.82) is 0 Å². The van der Waals surface area contributed by atoms with Gasteiger partial charge in [0.1, 0.15) is 22.5 Å². The number of aliphatic hydroxyl groups is 3. The van der Waals surface area contributed by atoms with Crippen LogP contribution in [0.5, 0.6) is 11.5 Å². The van der Waals surface area contributed by atoms with Gasteiger partial charge in [-0.25, -0.2) is 0 Å². The van der Waals surface area contributed by atoms with Crippen molar-refractivity contribution in [3.63, 3.8) is 0 Å². The Balaban J connectivity index is 1.79. The minimum Gasteiger partial charge on any atom is -0.497 e. The molecule has 0 bridgehead atoms. The predicted molar refractivity (Wildman–Crippen MR) is 96.5 cm³/mol. The number of hydrogen-bond donors (Lipinski definition) is 3. The number of ether oxygens (including phenoxy) is 3. The lowest BCUT2D eigenvalue weighted by atomic mass is 9.99. The molecule has 2 heterocycles. The molecular weight excluding hydrogens is 376 g/mol. The smallest absolute Gasteiger partial charge is 0.229 e. The standard InChI is InChI=1S/C18H20O8S/c1-24-10-4-2-9(3-5-10)13(20)17-11(6-7-27-17)25-18-16(23)15(22)14(21)12(8-19)26-18/h2-7,12,14-16,18-19,21-23H,8H2,1H3/p+1. The zero-order valence-corrected chi connectivity index (χ0v) is 15.3. The molecule has 1 aromatic carbocycles. The molecule has 0 radical (unpaired) electrons. The molecular formula is C18H21O8S+. The number of hydrogen-bond acceptors (Lipinski definition) is 8. The molecule has 0 amide bonds. The number of ketones is 1. The minimum absolute atomic E-state index is 0.192. The minimum atomic E-state index is -1.49. The lowest BCUT2D eigenvalue weighted by Crippen LogP contribution is -2.60. The highest BCUT2D eigenvalue weighted by molar-refractivity contribution is 7.12. The van der Waals surface area contributed by atoms with Crippen molar-refractivity contribution >= 4 is 17.1 Å². The Morgan fingerprint density at radius 1 is 1.22 bits per heavy atom. The molecule has 146 valence electrons. The molecule has 5 N–H and O–H groups in total. The van der Waals surface area contributed by atoms with Crippen LogP contribution in [0.4, 0.5) is 0 Å². The molecule has 0 spiro atoms. The van der Waals surface area contributed by atoms with Gasteiger partial charge >= 0.3 is 0 Å². The number of thiophene rings is 1. The van der Waals surface area contributed by atoms with Gasteiger partial charge in [0.15, 0.2) is 12.2 Å². The van der Waals surface area contributed by atoms with E-state index in [0.29, 0.717) is 16.2 Å². The van der Waals surface area contributed by atoms with Gasteiger partial charge in [0.2, 0.25) is 18.2 Å². The maximum Gasteiger partial charge on any atom is 0.229 e. The zero-order valence-electron chi connectivity index (χ0n) is 14.4. The van der Waals surface area contributed by atoms with Crippen LogP contribution in [-0.2, 0) is 4.74 Å². The van der Waals surface area contributed by atoms with Gasteiger partial charge in [0, 0.05) is 5.56 Å². The average molecular weight is 397 g/mol. The predicted octanol–water partition coefficient (Wildman–Crippen LogP) is -0.101. The third-order valence-corrected chi connectivity index (χ3v) is 5.21. The van der Waals surface area contributed by atoms with E-state index in [2.05, 4.69) is 0 Å². The highest BCUT2D eigenvalue weighted by Crippen LogP contribution is 2.31. The van der Waals surface area contributed by atoms with Gasteiger partial charge in [0.05, 0.1) is 13.7 Å². The van der Waals surface area contributed by atoms with Crippen molar-refractivity contribution < 1.29 is 39.4 Å². The molecule has 5 unspecified atom stereocenters. The molecule has 9 heteroatoms. The monoisotopic (exact) mass is 397 g/mol. The Morgan fingerprint density at radius 3 is 2.56 bits per heavy atom. The summed E-state index contributed by atoms with van der Waals surface area (Å²) < 4.78 is 16.1. The molecule has 1 saturated heterocycles. The summed E-state index contributed by atoms with van der Waals surface area (Å²) in [5.74, 6) is 0.546. The number of methoxy groups -OCH3 is 1. The Hall–Kier alpha value is -2.01. The van der Waals surface area contributed by atoms with Crippen molar-refractivity contribution in [3.8, 4) is 11.5 Å². The van der Waals surface area contributed by atoms with E-state index in [1.807, 2.05) is 0 Å². The summed E-state index contributed by atoms with van der Waals surface area (Å²) in [5, 5.41) is 38.8. The third kappa shape index (κ3) is 3.98. The van der Waals surface area contributed by atoms with Crippen LogP contribution in [-0.4, -0.2) is 70.6 Å². The van der Waals surface area contributed by atoms with Crippen LogP contribution < -0.4 is 9.47 Å². The van der Waals surface area contributed by atoms with Gasteiger partial charge in [-0.15, -0.1) is 11.3 Å². The average Bonchev–Trinajstić information content (AvgIpc) is 3.16. The Labute approximate surface area is 159 Å². The van der Waals surface area contributed by atoms with Crippen LogP contribution in [0.3, 0.4) is 0 Å². The fourth-order valence-electron chi connectivity index (χ4n) is 2.74. The van der Waals surface area contributed by atoms with E-state index in [0.717, 1.165) is 0 Å². The van der Waals surface area contributed by atoms with Crippen LogP contribution in [0.1, 0.15) is 15.2 Å². The van der Waals surface area contributed by atoms with Gasteiger partial charge < -0.3 is 34.6 Å². The van der Waals surface area contributed by atoms with E-state index in [4.69, 9.17) is 19.3 Å². The molecule has 0 saturated carbocycles. The van der Waals surface area contributed by atoms with E-state index in [9.17, 15) is 20.1 Å². The molecule has 0 aliphatic carbocycles. The van der Waals surface area contributed by atoms with Gasteiger partial charge in [-0.3, -0.25) is 4.79 Å². The number of benzene rings is 1. The number of carbonyl (C=O) groups is 1. The molecule has 8 nitrogen and oxygen atoms in total. The second kappa shape index (κ2) is 8.34. The van der Waals surface area contributed by atoms with Crippen LogP contribution in [0.2, 0.25) is 0 Å². The summed E-state index contributed by atoms with van der Waals surface area (Å²) >= 11 is 1.17. The number of carbonyl (C=O) groups excluding carboxylic acids is 1. The maximum atomic E-state index is 12.8. The third-order valence-electron chi connectivity index (χ3n) is 4.32. The van der Waals surface area contributed by atoms with E-state index < -0.39 is 37.3 Å². The van der Waals surface area contributed by atoms with E-state index in [1.54, 1.807) is 35.7 Å². The summed E-state index contributed by atoms with van der Waals surface area (Å²) in [4.78, 5) is 13.1. The van der Waals surface area contributed by atoms with Crippen molar-refractivity contribution in [3.05, 3.63) is 46.2 Å². The number of rotatable bonds is 6. The first-order valence-corrected chi connectivity index (χ1v) is 9.10. The van der Waals surface area contributed by atoms with Gasteiger partial charge in [0.25, 0.3) is 0 Å². The Bertz CT molecular complexity index is 772. The van der Waals surface area contributed by atoms with Crippen molar-refractivity contribution in [1.82, 2.24) is 0 Å². The molecule has 1 fully saturated rings. The molecule has 3 rings (SSSR count). The summed E-state index contributed by atoms with van der Waals surface area (Å²) in [6.07, 6.45) is -6.45. The van der Waals surface area contributed by atoms with Crippen LogP contribution >= 0.6 is 11.3 Å². The second-order valence-electron chi connectivity index (χ2n) is 6.02. The fourth-order valence-corrected chi connectivity index (χ4v) is 3.52. The zero-order chi connectivity index (χ0) is 19.6. The first kappa shape index (κ1) is 19.7. The Kier molecular flexibility index (Phi) is 6.10. The molecule has 1 aromatic heterocycles. The highest BCUT2D eigenvalue weighted by atomic mass is 32.1. The fraction of sp³-hybridized carbons (Fsp3) is 0.389. The molecule has 1 aliphatic rings. The van der Waals surface area contributed by atoms with Crippen molar-refractivity contribution in [2.24, 2.45) is 0 Å². The molecule has 2 aromatic rings. The second-order valence-corrected chi connectivity index (χ2v) is 6.94. The van der Waals surface area contributed by atoms with E-state index in [-0.39, 0.29) is 11.5 Å². The lowest BCUT2D eigenvalue weighted by Gasteiger charge is -2.37. The van der Waals surface area contributed by atoms with E-state index >= 15 is 0 Å². The van der Waals surface area contributed by atoms with Crippen LogP contribution in [0, 0.1) is 0 Å². The summed E-state index contributed by atoms with van der Waals surface area (Å²) in [7, 11) is 1.53. The van der Waals surface area contributed by atoms with Crippen LogP contribution in [0.25, 0.3) is 0 Å². The highest BCUT2D eigenvalue weighted by Gasteiger charge is 2.48. The topological polar surface area (TPSA) is 128 Å². The SMILES string of the molecule is COc1ccc(C(=O)c2sccc2OC2OC(CO)C([OH2+])C(O)C2O)cc1. The van der Waals surface area contributed by atoms with Crippen molar-refractivity contribution in [2.75, 3.05) is 13.7 Å². The van der Waals surface area contributed by atoms with Gasteiger partial charge in [-0.05, 0) is 35.7 Å². The Morgan fingerprint density at radius 2 is 1.93 bits per heavy atom. The first-order valence-electron chi connectivity index (χ1n) is 8.22. The van der Waals surface area contributed by atoms with Gasteiger partial charge in [-0.1, -0.05) is 0 Å². The number of aliphatic hydroxyl groups excluding tert-OH is 3. The lowest BCUT2D eigenvalue weighted by molar-refractivity contribution is -0.277.